The van der Waals surface area contributed by atoms with Crippen LogP contribution in [0.4, 0.5) is 5.69 Å². The summed E-state index contributed by atoms with van der Waals surface area (Å²) in [5.74, 6) is 1.43. The Morgan fingerprint density at radius 2 is 1.95 bits per heavy atom. The van der Waals surface area contributed by atoms with Gasteiger partial charge < -0.3 is 9.47 Å². The fourth-order valence-corrected chi connectivity index (χ4v) is 1.90. The summed E-state index contributed by atoms with van der Waals surface area (Å²) in [6.45, 7) is 0. The van der Waals surface area contributed by atoms with E-state index in [-0.39, 0.29) is 0 Å². The fourth-order valence-electron chi connectivity index (χ4n) is 1.64. The van der Waals surface area contributed by atoms with E-state index in [1.54, 1.807) is 32.6 Å². The van der Waals surface area contributed by atoms with E-state index in [1.165, 1.54) is 0 Å². The first-order valence-electron chi connectivity index (χ1n) is 5.99. The van der Waals surface area contributed by atoms with E-state index >= 15 is 0 Å². The molecule has 20 heavy (non-hydrogen) atoms. The molecule has 104 valence electrons. The van der Waals surface area contributed by atoms with Crippen LogP contribution in [0, 0.1) is 0 Å². The third-order valence-electron chi connectivity index (χ3n) is 2.65. The highest BCUT2D eigenvalue weighted by Crippen LogP contribution is 2.27. The third-order valence-corrected chi connectivity index (χ3v) is 2.95. The Balaban J connectivity index is 2.04. The molecule has 0 spiro atoms. The first kappa shape index (κ1) is 14.2. The first-order valence-corrected chi connectivity index (χ1v) is 6.37. The minimum atomic E-state index is 0.536. The van der Waals surface area contributed by atoms with Crippen molar-refractivity contribution in [3.05, 3.63) is 53.1 Å². The number of hydrazone groups is 1. The first-order chi connectivity index (χ1) is 9.72. The number of benzene rings is 2. The number of methoxy groups -OCH3 is 2. The van der Waals surface area contributed by atoms with Crippen LogP contribution >= 0.6 is 11.6 Å². The molecule has 0 fully saturated rings. The normalized spacial score (nSPS) is 10.6. The van der Waals surface area contributed by atoms with Gasteiger partial charge in [0.1, 0.15) is 11.5 Å². The van der Waals surface area contributed by atoms with Crippen molar-refractivity contribution in [1.82, 2.24) is 0 Å². The summed E-state index contributed by atoms with van der Waals surface area (Å²) in [4.78, 5) is 0. The van der Waals surface area contributed by atoms with Crippen LogP contribution in [0.1, 0.15) is 5.56 Å². The molecule has 0 aliphatic rings. The Bertz CT molecular complexity index is 615. The number of hydrogen-bond donors (Lipinski definition) is 1. The summed E-state index contributed by atoms with van der Waals surface area (Å²) in [7, 11) is 3.21. The number of nitrogens with zero attached hydrogens (tertiary/aromatic N) is 1. The van der Waals surface area contributed by atoms with Crippen LogP contribution in [0.2, 0.25) is 5.02 Å². The minimum absolute atomic E-state index is 0.536. The standard InChI is InChI=1S/C15H15ClN2O2/c1-19-13-5-3-4-11(8-13)10-17-18-12-6-7-15(20-2)14(16)9-12/h3-10,18H,1-2H3/b17-10+. The van der Waals surface area contributed by atoms with Gasteiger partial charge in [0, 0.05) is 0 Å². The van der Waals surface area contributed by atoms with Gasteiger partial charge >= 0.3 is 0 Å². The maximum Gasteiger partial charge on any atom is 0.137 e. The van der Waals surface area contributed by atoms with Crippen molar-refractivity contribution < 1.29 is 9.47 Å². The average Bonchev–Trinajstić information content (AvgIpc) is 2.48. The van der Waals surface area contributed by atoms with Crippen LogP contribution < -0.4 is 14.9 Å². The fraction of sp³-hybridized carbons (Fsp3) is 0.133. The third kappa shape index (κ3) is 3.65. The van der Waals surface area contributed by atoms with Crippen molar-refractivity contribution in [2.75, 3.05) is 19.6 Å². The van der Waals surface area contributed by atoms with Gasteiger partial charge in [0.2, 0.25) is 0 Å². The van der Waals surface area contributed by atoms with E-state index in [4.69, 9.17) is 21.1 Å². The summed E-state index contributed by atoms with van der Waals surface area (Å²) in [5, 5.41) is 4.69. The molecule has 0 unspecified atom stereocenters. The van der Waals surface area contributed by atoms with Crippen LogP contribution in [0.25, 0.3) is 0 Å². The summed E-state index contributed by atoms with van der Waals surface area (Å²) in [5.41, 5.74) is 4.64. The maximum atomic E-state index is 6.03. The predicted molar refractivity (Wildman–Crippen MR) is 82.2 cm³/mol. The number of anilines is 1. The number of nitrogens with one attached hydrogen (secondary N) is 1. The van der Waals surface area contributed by atoms with E-state index in [0.29, 0.717) is 10.8 Å². The van der Waals surface area contributed by atoms with Crippen molar-refractivity contribution in [3.8, 4) is 11.5 Å². The van der Waals surface area contributed by atoms with Crippen LogP contribution in [0.5, 0.6) is 11.5 Å². The summed E-state index contributed by atoms with van der Waals surface area (Å²) < 4.78 is 10.2. The highest BCUT2D eigenvalue weighted by molar-refractivity contribution is 6.32. The molecule has 0 bridgehead atoms. The molecule has 0 aliphatic heterocycles. The van der Waals surface area contributed by atoms with Gasteiger partial charge in [-0.25, -0.2) is 0 Å². The highest BCUT2D eigenvalue weighted by Gasteiger charge is 2.00. The van der Waals surface area contributed by atoms with E-state index < -0.39 is 0 Å². The Morgan fingerprint density at radius 3 is 2.65 bits per heavy atom. The Morgan fingerprint density at radius 1 is 1.10 bits per heavy atom. The van der Waals surface area contributed by atoms with Gasteiger partial charge in [0.15, 0.2) is 0 Å². The lowest BCUT2D eigenvalue weighted by atomic mass is 10.2. The lowest BCUT2D eigenvalue weighted by Crippen LogP contribution is -1.92. The molecule has 0 aliphatic carbocycles. The summed E-state index contributed by atoms with van der Waals surface area (Å²) in [6.07, 6.45) is 1.71. The number of hydrogen-bond acceptors (Lipinski definition) is 4. The molecule has 0 saturated carbocycles. The zero-order valence-electron chi connectivity index (χ0n) is 11.3. The number of ether oxygens (including phenoxy) is 2. The van der Waals surface area contributed by atoms with Crippen LogP contribution in [0.3, 0.4) is 0 Å². The van der Waals surface area contributed by atoms with Crippen molar-refractivity contribution >= 4 is 23.5 Å². The predicted octanol–water partition coefficient (Wildman–Crippen LogP) is 3.80. The molecular weight excluding hydrogens is 276 g/mol. The van der Waals surface area contributed by atoms with Crippen molar-refractivity contribution in [3.63, 3.8) is 0 Å². The zero-order chi connectivity index (χ0) is 14.4. The molecule has 2 aromatic rings. The molecule has 1 N–H and O–H groups in total. The molecule has 0 aromatic heterocycles. The molecule has 4 nitrogen and oxygen atoms in total. The molecule has 2 aromatic carbocycles. The molecule has 2 rings (SSSR count). The maximum absolute atomic E-state index is 6.03. The smallest absolute Gasteiger partial charge is 0.137 e. The Kier molecular flexibility index (Phi) is 4.85. The van der Waals surface area contributed by atoms with Crippen LogP contribution in [0.15, 0.2) is 47.6 Å². The van der Waals surface area contributed by atoms with Gasteiger partial charge in [-0.15, -0.1) is 0 Å². The molecule has 0 atom stereocenters. The monoisotopic (exact) mass is 290 g/mol. The van der Waals surface area contributed by atoms with E-state index in [1.807, 2.05) is 30.3 Å². The second-order valence-electron chi connectivity index (χ2n) is 4.00. The lowest BCUT2D eigenvalue weighted by molar-refractivity contribution is 0.414. The van der Waals surface area contributed by atoms with Crippen molar-refractivity contribution in [1.29, 1.82) is 0 Å². The lowest BCUT2D eigenvalue weighted by Gasteiger charge is -2.05. The van der Waals surface area contributed by atoms with Gasteiger partial charge in [0.05, 0.1) is 31.1 Å². The van der Waals surface area contributed by atoms with Crippen molar-refractivity contribution in [2.24, 2.45) is 5.10 Å². The van der Waals surface area contributed by atoms with Gasteiger partial charge in [-0.1, -0.05) is 23.7 Å². The summed E-state index contributed by atoms with van der Waals surface area (Å²) in [6, 6.07) is 13.0. The molecular formula is C15H15ClN2O2. The van der Waals surface area contributed by atoms with E-state index in [9.17, 15) is 0 Å². The van der Waals surface area contributed by atoms with E-state index in [0.717, 1.165) is 17.0 Å². The average molecular weight is 291 g/mol. The van der Waals surface area contributed by atoms with Gasteiger partial charge in [0.25, 0.3) is 0 Å². The molecule has 0 heterocycles. The summed E-state index contributed by atoms with van der Waals surface area (Å²) >= 11 is 6.03. The molecule has 5 heteroatoms. The topological polar surface area (TPSA) is 42.8 Å². The highest BCUT2D eigenvalue weighted by atomic mass is 35.5. The molecule has 0 amide bonds. The van der Waals surface area contributed by atoms with E-state index in [2.05, 4.69) is 10.5 Å². The largest absolute Gasteiger partial charge is 0.497 e. The second kappa shape index (κ2) is 6.82. The Hall–Kier alpha value is -2.20. The van der Waals surface area contributed by atoms with Gasteiger partial charge in [-0.3, -0.25) is 5.43 Å². The van der Waals surface area contributed by atoms with Gasteiger partial charge in [-0.05, 0) is 35.9 Å². The quantitative estimate of drug-likeness (QED) is 0.673. The van der Waals surface area contributed by atoms with Crippen LogP contribution in [-0.4, -0.2) is 20.4 Å². The number of rotatable bonds is 5. The molecule has 0 radical (unpaired) electrons. The number of halogens is 1. The second-order valence-corrected chi connectivity index (χ2v) is 4.40. The molecule has 0 saturated heterocycles. The van der Waals surface area contributed by atoms with Gasteiger partial charge in [-0.2, -0.15) is 5.10 Å². The van der Waals surface area contributed by atoms with Crippen LogP contribution in [-0.2, 0) is 0 Å². The minimum Gasteiger partial charge on any atom is -0.497 e. The zero-order valence-corrected chi connectivity index (χ0v) is 12.0. The van der Waals surface area contributed by atoms with Crippen molar-refractivity contribution in [2.45, 2.75) is 0 Å². The SMILES string of the molecule is COc1cccc(/C=N/Nc2ccc(OC)c(Cl)c2)c1. The Labute approximate surface area is 123 Å².